The molecule has 398 valence electrons. The van der Waals surface area contributed by atoms with Crippen molar-refractivity contribution >= 4 is 23.9 Å². The van der Waals surface area contributed by atoms with Gasteiger partial charge in [-0.15, -0.1) is 0 Å². The van der Waals surface area contributed by atoms with E-state index >= 15 is 0 Å². The van der Waals surface area contributed by atoms with Crippen molar-refractivity contribution in [3.63, 3.8) is 0 Å². The summed E-state index contributed by atoms with van der Waals surface area (Å²) in [5.41, 5.74) is 0. The molecule has 0 spiro atoms. The minimum Gasteiger partial charge on any atom is -0.479 e. The second-order valence-corrected chi connectivity index (χ2v) is 18.8. The van der Waals surface area contributed by atoms with E-state index in [1.54, 1.807) is 0 Å². The van der Waals surface area contributed by atoms with Crippen molar-refractivity contribution in [2.45, 2.75) is 276 Å². The number of carbonyl (C=O) groups is 4. The maximum absolute atomic E-state index is 13.1. The third-order valence-corrected chi connectivity index (χ3v) is 12.4. The largest absolute Gasteiger partial charge is 0.479 e. The summed E-state index contributed by atoms with van der Waals surface area (Å²) >= 11 is 0. The molecule has 1 heterocycles. The molecule has 1 saturated heterocycles. The predicted molar refractivity (Wildman–Crippen MR) is 276 cm³/mol. The first-order valence-electron chi connectivity index (χ1n) is 27.6. The molecule has 12 heteroatoms. The molecule has 0 aromatic rings. The number of aliphatic hydroxyl groups excluding tert-OH is 2. The van der Waals surface area contributed by atoms with Gasteiger partial charge in [-0.1, -0.05) is 198 Å². The maximum Gasteiger partial charge on any atom is 0.335 e. The lowest BCUT2D eigenvalue weighted by Crippen LogP contribution is -2.61. The first-order chi connectivity index (χ1) is 33.6. The molecule has 3 N–H and O–H groups in total. The Morgan fingerprint density at radius 1 is 0.493 bits per heavy atom. The van der Waals surface area contributed by atoms with E-state index in [0.717, 1.165) is 109 Å². The van der Waals surface area contributed by atoms with Crippen molar-refractivity contribution in [1.82, 2.24) is 0 Å². The normalized spacial score (nSPS) is 19.0. The first kappa shape index (κ1) is 63.7. The lowest BCUT2D eigenvalue weighted by molar-refractivity contribution is -0.301. The van der Waals surface area contributed by atoms with Gasteiger partial charge in [0.15, 0.2) is 24.6 Å². The standard InChI is InChI=1S/C57H98O12/c1-4-7-10-13-16-19-22-23-24-25-26-27-30-31-34-37-40-43-49(58)65-46-48(67-50(59)44-41-38-35-32-28-20-17-14-11-8-5-2)47-66-57-55(53(62)52(61)54(69-57)56(63)64)68-51(60)45-42-39-36-33-29-21-18-15-12-9-6-3/h7,10,15-16,18-19,23-24,48,52-55,57,61-62H,4-6,8-9,11-14,17,20-22,25-47H2,1-3H3,(H,63,64)/b10-7-,18-15-,19-16-,24-23-. The summed E-state index contributed by atoms with van der Waals surface area (Å²) < 4.78 is 28.3. The zero-order valence-corrected chi connectivity index (χ0v) is 43.6. The van der Waals surface area contributed by atoms with E-state index in [0.29, 0.717) is 19.3 Å². The topological polar surface area (TPSA) is 175 Å². The number of allylic oxidation sites excluding steroid dienone is 8. The molecule has 0 saturated carbocycles. The number of carbonyl (C=O) groups excluding carboxylic acids is 3. The molecule has 6 atom stereocenters. The van der Waals surface area contributed by atoms with Gasteiger partial charge in [0.2, 0.25) is 0 Å². The van der Waals surface area contributed by atoms with Gasteiger partial charge in [0.25, 0.3) is 0 Å². The fraction of sp³-hybridized carbons (Fsp3) is 0.789. The quantitative estimate of drug-likeness (QED) is 0.0228. The number of esters is 3. The van der Waals surface area contributed by atoms with Crippen molar-refractivity contribution in [2.24, 2.45) is 0 Å². The van der Waals surface area contributed by atoms with Crippen LogP contribution in [0.4, 0.5) is 0 Å². The average molecular weight is 975 g/mol. The molecule has 0 radical (unpaired) electrons. The number of hydrogen-bond donors (Lipinski definition) is 3. The smallest absolute Gasteiger partial charge is 0.335 e. The third kappa shape index (κ3) is 36.3. The Morgan fingerprint density at radius 3 is 1.45 bits per heavy atom. The Labute approximate surface area is 418 Å². The van der Waals surface area contributed by atoms with Gasteiger partial charge >= 0.3 is 23.9 Å². The average Bonchev–Trinajstić information content (AvgIpc) is 3.33. The molecule has 1 aliphatic heterocycles. The monoisotopic (exact) mass is 975 g/mol. The van der Waals surface area contributed by atoms with Crippen molar-refractivity contribution in [2.75, 3.05) is 13.2 Å². The number of aliphatic carboxylic acids is 1. The van der Waals surface area contributed by atoms with E-state index in [4.69, 9.17) is 23.7 Å². The van der Waals surface area contributed by atoms with E-state index in [1.807, 2.05) is 0 Å². The number of rotatable bonds is 46. The molecule has 0 aromatic carbocycles. The van der Waals surface area contributed by atoms with Crippen LogP contribution in [0.15, 0.2) is 48.6 Å². The number of carboxylic acids is 1. The van der Waals surface area contributed by atoms with Crippen LogP contribution in [0.5, 0.6) is 0 Å². The van der Waals surface area contributed by atoms with Crippen LogP contribution >= 0.6 is 0 Å². The number of unbranched alkanes of at least 4 members (excludes halogenated alkanes) is 24. The third-order valence-electron chi connectivity index (χ3n) is 12.4. The van der Waals surface area contributed by atoms with Gasteiger partial charge in [-0.05, 0) is 70.6 Å². The van der Waals surface area contributed by atoms with E-state index in [-0.39, 0.29) is 25.9 Å². The highest BCUT2D eigenvalue weighted by Gasteiger charge is 2.50. The Bertz CT molecular complexity index is 1390. The Balaban J connectivity index is 2.70. The van der Waals surface area contributed by atoms with Gasteiger partial charge in [-0.25, -0.2) is 4.79 Å². The molecular formula is C57H98O12. The van der Waals surface area contributed by atoms with Crippen molar-refractivity contribution in [1.29, 1.82) is 0 Å². The molecule has 0 aromatic heterocycles. The second-order valence-electron chi connectivity index (χ2n) is 18.8. The lowest BCUT2D eigenvalue weighted by atomic mass is 9.98. The van der Waals surface area contributed by atoms with Gasteiger partial charge < -0.3 is 39.0 Å². The molecule has 1 aliphatic rings. The number of aliphatic hydroxyl groups is 2. The Kier molecular flexibility index (Phi) is 42.3. The van der Waals surface area contributed by atoms with Crippen molar-refractivity contribution in [3.8, 4) is 0 Å². The number of ether oxygens (including phenoxy) is 5. The maximum atomic E-state index is 13.1. The summed E-state index contributed by atoms with van der Waals surface area (Å²) in [5, 5.41) is 31.3. The fourth-order valence-electron chi connectivity index (χ4n) is 8.13. The molecule has 0 aliphatic carbocycles. The van der Waals surface area contributed by atoms with Crippen LogP contribution in [-0.4, -0.2) is 89.2 Å². The van der Waals surface area contributed by atoms with Gasteiger partial charge in [0.1, 0.15) is 18.8 Å². The summed E-state index contributed by atoms with van der Waals surface area (Å²) in [6, 6.07) is 0. The minimum absolute atomic E-state index is 0.0504. The molecule has 0 bridgehead atoms. The van der Waals surface area contributed by atoms with Crippen LogP contribution < -0.4 is 0 Å². The van der Waals surface area contributed by atoms with E-state index in [9.17, 15) is 34.5 Å². The highest BCUT2D eigenvalue weighted by Crippen LogP contribution is 2.26. The van der Waals surface area contributed by atoms with Gasteiger partial charge in [0, 0.05) is 19.3 Å². The summed E-state index contributed by atoms with van der Waals surface area (Å²) in [6.45, 7) is 5.81. The van der Waals surface area contributed by atoms with E-state index in [1.165, 1.54) is 70.6 Å². The molecule has 1 fully saturated rings. The Morgan fingerprint density at radius 2 is 0.928 bits per heavy atom. The van der Waals surface area contributed by atoms with Crippen molar-refractivity contribution in [3.05, 3.63) is 48.6 Å². The van der Waals surface area contributed by atoms with Crippen LogP contribution in [0.25, 0.3) is 0 Å². The fourth-order valence-corrected chi connectivity index (χ4v) is 8.13. The van der Waals surface area contributed by atoms with Crippen LogP contribution in [0, 0.1) is 0 Å². The van der Waals surface area contributed by atoms with E-state index < -0.39 is 67.3 Å². The molecule has 69 heavy (non-hydrogen) atoms. The molecule has 1 rings (SSSR count). The second kappa shape index (κ2) is 45.8. The SMILES string of the molecule is CC/C=C\C/C=C\C/C=C\CCCCCCCCCC(=O)OCC(COC1OC(C(=O)O)C(O)C(O)C1OC(=O)CCCCCCC/C=C\CCCC)OC(=O)CCCCCCCCCCCCC. The van der Waals surface area contributed by atoms with Crippen LogP contribution in [0.1, 0.15) is 239 Å². The lowest BCUT2D eigenvalue weighted by Gasteiger charge is -2.40. The van der Waals surface area contributed by atoms with Gasteiger partial charge in [0.05, 0.1) is 6.61 Å². The molecule has 6 unspecified atom stereocenters. The molecular weight excluding hydrogens is 877 g/mol. The first-order valence-corrected chi connectivity index (χ1v) is 27.6. The summed E-state index contributed by atoms with van der Waals surface area (Å²) in [6.07, 6.45) is 41.0. The van der Waals surface area contributed by atoms with Crippen LogP contribution in [-0.2, 0) is 42.9 Å². The molecule has 12 nitrogen and oxygen atoms in total. The zero-order chi connectivity index (χ0) is 50.4. The summed E-state index contributed by atoms with van der Waals surface area (Å²) in [7, 11) is 0. The van der Waals surface area contributed by atoms with E-state index in [2.05, 4.69) is 69.4 Å². The highest BCUT2D eigenvalue weighted by molar-refractivity contribution is 5.74. The molecule has 0 amide bonds. The van der Waals surface area contributed by atoms with Crippen molar-refractivity contribution < 1.29 is 58.2 Å². The van der Waals surface area contributed by atoms with Gasteiger partial charge in [-0.3, -0.25) is 14.4 Å². The number of hydrogen-bond acceptors (Lipinski definition) is 11. The summed E-state index contributed by atoms with van der Waals surface area (Å²) in [4.78, 5) is 50.9. The minimum atomic E-state index is -1.90. The van der Waals surface area contributed by atoms with Crippen LogP contribution in [0.2, 0.25) is 0 Å². The van der Waals surface area contributed by atoms with Gasteiger partial charge in [-0.2, -0.15) is 0 Å². The number of carboxylic acid groups (broad SMARTS) is 1. The zero-order valence-electron chi connectivity index (χ0n) is 43.6. The highest BCUT2D eigenvalue weighted by atomic mass is 16.7. The predicted octanol–water partition coefficient (Wildman–Crippen LogP) is 13.4. The Hall–Kier alpha value is -3.32. The van der Waals surface area contributed by atoms with Crippen LogP contribution in [0.3, 0.4) is 0 Å². The summed E-state index contributed by atoms with van der Waals surface area (Å²) in [5.74, 6) is -3.13.